The van der Waals surface area contributed by atoms with Gasteiger partial charge in [-0.2, -0.15) is 0 Å². The fourth-order valence-electron chi connectivity index (χ4n) is 2.90. The molecule has 0 aliphatic heterocycles. The highest BCUT2D eigenvalue weighted by Crippen LogP contribution is 2.34. The Balaban J connectivity index is 2.14. The third-order valence-electron chi connectivity index (χ3n) is 4.52. The number of anilines is 2. The number of aryl methyl sites for hydroxylation is 1. The molecule has 0 aliphatic carbocycles. The minimum atomic E-state index is -3.74. The first-order valence-corrected chi connectivity index (χ1v) is 10.4. The van der Waals surface area contributed by atoms with Crippen LogP contribution in [0, 0.1) is 6.92 Å². The molecule has 0 spiro atoms. The van der Waals surface area contributed by atoms with Crippen LogP contribution in [0.2, 0.25) is 0 Å². The van der Waals surface area contributed by atoms with Gasteiger partial charge in [0.1, 0.15) is 0 Å². The van der Waals surface area contributed by atoms with Crippen LogP contribution in [0.3, 0.4) is 0 Å². The minimum Gasteiger partial charge on any atom is -0.235 e. The molecule has 3 rings (SSSR count). The van der Waals surface area contributed by atoms with Gasteiger partial charge in [0.15, 0.2) is 0 Å². The Bertz CT molecular complexity index is 1000. The molecule has 0 heterocycles. The summed E-state index contributed by atoms with van der Waals surface area (Å²) in [5.74, 6) is 0. The third kappa shape index (κ3) is 4.06. The van der Waals surface area contributed by atoms with Crippen LogP contribution < -0.4 is 4.31 Å². The monoisotopic (exact) mass is 379 g/mol. The van der Waals surface area contributed by atoms with Crippen molar-refractivity contribution < 1.29 is 8.42 Å². The molecule has 3 nitrogen and oxygen atoms in total. The summed E-state index contributed by atoms with van der Waals surface area (Å²) >= 11 is 0. The molecular formula is C23H25NO2S. The maximum absolute atomic E-state index is 13.5. The van der Waals surface area contributed by atoms with Gasteiger partial charge in [-0.3, -0.25) is 0 Å². The molecule has 3 aromatic rings. The summed E-state index contributed by atoms with van der Waals surface area (Å²) < 4.78 is 28.3. The summed E-state index contributed by atoms with van der Waals surface area (Å²) in [7, 11) is -3.74. The van der Waals surface area contributed by atoms with E-state index in [-0.39, 0.29) is 10.3 Å². The van der Waals surface area contributed by atoms with Crippen molar-refractivity contribution in [2.24, 2.45) is 0 Å². The zero-order valence-electron chi connectivity index (χ0n) is 16.2. The first kappa shape index (κ1) is 19.2. The van der Waals surface area contributed by atoms with Gasteiger partial charge in [-0.15, -0.1) is 0 Å². The molecule has 0 amide bonds. The number of para-hydroxylation sites is 1. The van der Waals surface area contributed by atoms with Crippen LogP contribution in [-0.2, 0) is 15.4 Å². The number of nitrogens with zero attached hydrogens (tertiary/aromatic N) is 1. The number of hydrogen-bond acceptors (Lipinski definition) is 2. The van der Waals surface area contributed by atoms with Crippen molar-refractivity contribution in [2.75, 3.05) is 4.31 Å². The third-order valence-corrected chi connectivity index (χ3v) is 6.29. The first-order chi connectivity index (χ1) is 12.7. The van der Waals surface area contributed by atoms with Gasteiger partial charge in [0, 0.05) is 0 Å². The van der Waals surface area contributed by atoms with Crippen molar-refractivity contribution >= 4 is 21.4 Å². The summed E-state index contributed by atoms with van der Waals surface area (Å²) in [6.45, 7) is 8.36. The molecule has 0 radical (unpaired) electrons. The zero-order valence-corrected chi connectivity index (χ0v) is 17.0. The van der Waals surface area contributed by atoms with Crippen LogP contribution in [0.25, 0.3) is 0 Å². The van der Waals surface area contributed by atoms with Crippen LogP contribution in [0.4, 0.5) is 11.4 Å². The maximum Gasteiger partial charge on any atom is 0.268 e. The van der Waals surface area contributed by atoms with E-state index in [0.29, 0.717) is 11.4 Å². The minimum absolute atomic E-state index is 0.00589. The molecule has 0 atom stereocenters. The van der Waals surface area contributed by atoms with E-state index in [2.05, 4.69) is 20.8 Å². The van der Waals surface area contributed by atoms with Gasteiger partial charge >= 0.3 is 0 Å². The van der Waals surface area contributed by atoms with Crippen LogP contribution in [0.15, 0.2) is 83.8 Å². The molecular weight excluding hydrogens is 354 g/mol. The van der Waals surface area contributed by atoms with Gasteiger partial charge in [-0.25, -0.2) is 12.7 Å². The molecule has 27 heavy (non-hydrogen) atoms. The molecule has 140 valence electrons. The van der Waals surface area contributed by atoms with Crippen molar-refractivity contribution in [3.05, 3.63) is 90.0 Å². The van der Waals surface area contributed by atoms with E-state index in [4.69, 9.17) is 0 Å². The second-order valence-corrected chi connectivity index (χ2v) is 9.50. The molecule has 0 saturated carbocycles. The predicted octanol–water partition coefficient (Wildman–Crippen LogP) is 5.82. The predicted molar refractivity (Wildman–Crippen MR) is 112 cm³/mol. The van der Waals surface area contributed by atoms with E-state index in [9.17, 15) is 8.42 Å². The smallest absolute Gasteiger partial charge is 0.235 e. The quantitative estimate of drug-likeness (QED) is 0.573. The number of rotatable bonds is 4. The van der Waals surface area contributed by atoms with Crippen LogP contribution in [0.1, 0.15) is 31.9 Å². The normalized spacial score (nSPS) is 12.0. The SMILES string of the molecule is Cc1ccc(S(=O)(=O)N(c2ccccc2)c2ccc(C(C)(C)C)cc2)cc1. The lowest BCUT2D eigenvalue weighted by molar-refractivity contribution is 0.590. The largest absolute Gasteiger partial charge is 0.268 e. The van der Waals surface area contributed by atoms with Crippen LogP contribution in [0.5, 0.6) is 0 Å². The molecule has 0 fully saturated rings. The molecule has 3 aromatic carbocycles. The van der Waals surface area contributed by atoms with E-state index in [0.717, 1.165) is 11.1 Å². The Morgan fingerprint density at radius 1 is 0.704 bits per heavy atom. The van der Waals surface area contributed by atoms with Crippen molar-refractivity contribution in [3.8, 4) is 0 Å². The highest BCUT2D eigenvalue weighted by atomic mass is 32.2. The Kier molecular flexibility index (Phi) is 5.11. The molecule has 0 saturated heterocycles. The Labute approximate surface area is 162 Å². The van der Waals surface area contributed by atoms with Gasteiger partial charge in [-0.05, 0) is 54.3 Å². The van der Waals surface area contributed by atoms with Gasteiger partial charge in [0.25, 0.3) is 10.0 Å². The van der Waals surface area contributed by atoms with Gasteiger partial charge < -0.3 is 0 Å². The summed E-state index contributed by atoms with van der Waals surface area (Å²) in [6.07, 6.45) is 0. The highest BCUT2D eigenvalue weighted by molar-refractivity contribution is 7.93. The fourth-order valence-corrected chi connectivity index (χ4v) is 4.39. The zero-order chi connectivity index (χ0) is 19.7. The lowest BCUT2D eigenvalue weighted by Gasteiger charge is -2.26. The summed E-state index contributed by atoms with van der Waals surface area (Å²) in [5.41, 5.74) is 3.42. The van der Waals surface area contributed by atoms with E-state index >= 15 is 0 Å². The van der Waals surface area contributed by atoms with Crippen molar-refractivity contribution in [1.82, 2.24) is 0 Å². The van der Waals surface area contributed by atoms with Crippen molar-refractivity contribution in [3.63, 3.8) is 0 Å². The molecule has 4 heteroatoms. The maximum atomic E-state index is 13.5. The fraction of sp³-hybridized carbons (Fsp3) is 0.217. The molecule has 0 bridgehead atoms. The van der Waals surface area contributed by atoms with Gasteiger partial charge in [0.2, 0.25) is 0 Å². The lowest BCUT2D eigenvalue weighted by atomic mass is 9.87. The molecule has 0 aromatic heterocycles. The standard InChI is InChI=1S/C23H25NO2S/c1-18-10-16-22(17-11-18)27(25,26)24(20-8-6-5-7-9-20)21-14-12-19(13-15-21)23(2,3)4/h5-17H,1-4H3. The van der Waals surface area contributed by atoms with E-state index in [1.54, 1.807) is 12.1 Å². The van der Waals surface area contributed by atoms with Crippen LogP contribution in [-0.4, -0.2) is 8.42 Å². The molecule has 0 aliphatic rings. The summed E-state index contributed by atoms with van der Waals surface area (Å²) in [4.78, 5) is 0.275. The average Bonchev–Trinajstić information content (AvgIpc) is 2.63. The summed E-state index contributed by atoms with van der Waals surface area (Å²) in [6, 6.07) is 23.9. The molecule has 0 N–H and O–H groups in total. The van der Waals surface area contributed by atoms with Crippen molar-refractivity contribution in [1.29, 1.82) is 0 Å². The number of benzene rings is 3. The summed E-state index contributed by atoms with van der Waals surface area (Å²) in [5, 5.41) is 0. The Morgan fingerprint density at radius 2 is 1.22 bits per heavy atom. The van der Waals surface area contributed by atoms with E-state index < -0.39 is 10.0 Å². The van der Waals surface area contributed by atoms with Gasteiger partial charge in [0.05, 0.1) is 16.3 Å². The molecule has 0 unspecified atom stereocenters. The van der Waals surface area contributed by atoms with E-state index in [1.807, 2.05) is 73.7 Å². The number of hydrogen-bond donors (Lipinski definition) is 0. The average molecular weight is 380 g/mol. The van der Waals surface area contributed by atoms with E-state index in [1.165, 1.54) is 4.31 Å². The lowest BCUT2D eigenvalue weighted by Crippen LogP contribution is -2.26. The highest BCUT2D eigenvalue weighted by Gasteiger charge is 2.27. The Hall–Kier alpha value is -2.59. The second-order valence-electron chi connectivity index (χ2n) is 7.71. The van der Waals surface area contributed by atoms with Crippen LogP contribution >= 0.6 is 0 Å². The second kappa shape index (κ2) is 7.20. The van der Waals surface area contributed by atoms with Gasteiger partial charge in [-0.1, -0.05) is 68.8 Å². The topological polar surface area (TPSA) is 37.4 Å². The number of sulfonamides is 1. The Morgan fingerprint density at radius 3 is 1.74 bits per heavy atom. The van der Waals surface area contributed by atoms with Crippen molar-refractivity contribution in [2.45, 2.75) is 38.0 Å². The first-order valence-electron chi connectivity index (χ1n) is 8.97.